The Morgan fingerprint density at radius 1 is 1.17 bits per heavy atom. The van der Waals surface area contributed by atoms with Crippen LogP contribution in [-0.4, -0.2) is 31.9 Å². The second kappa shape index (κ2) is 8.47. The van der Waals surface area contributed by atoms with Gasteiger partial charge in [0.25, 0.3) is 0 Å². The van der Waals surface area contributed by atoms with Gasteiger partial charge in [0.1, 0.15) is 0 Å². The first-order valence-corrected chi connectivity index (χ1v) is 9.01. The third-order valence-corrected chi connectivity index (χ3v) is 4.49. The van der Waals surface area contributed by atoms with Crippen molar-refractivity contribution in [2.45, 2.75) is 26.8 Å². The number of hydrogen-bond donors (Lipinski definition) is 0. The van der Waals surface area contributed by atoms with E-state index in [-0.39, 0.29) is 18.2 Å². The van der Waals surface area contributed by atoms with Gasteiger partial charge in [-0.2, -0.15) is 5.10 Å². The molecule has 12 heteroatoms. The minimum Gasteiger partial charge on any atom is -0.435 e. The molecule has 0 unspecified atom stereocenters. The zero-order valence-electron chi connectivity index (χ0n) is 15.6. The second-order valence-electron chi connectivity index (χ2n) is 5.81. The van der Waals surface area contributed by atoms with Crippen LogP contribution in [0.3, 0.4) is 0 Å². The van der Waals surface area contributed by atoms with Gasteiger partial charge in [0.2, 0.25) is 5.88 Å². The van der Waals surface area contributed by atoms with Gasteiger partial charge in [-0.1, -0.05) is 21.8 Å². The van der Waals surface area contributed by atoms with E-state index < -0.39 is 12.1 Å². The Hall–Kier alpha value is -3.15. The topological polar surface area (TPSA) is 83.7 Å². The second-order valence-corrected chi connectivity index (χ2v) is 6.65. The average Bonchev–Trinajstić information content (AvgIpc) is 3.16. The van der Waals surface area contributed by atoms with E-state index in [4.69, 9.17) is 9.57 Å². The lowest BCUT2D eigenvalue weighted by molar-refractivity contribution is -0.275. The van der Waals surface area contributed by atoms with Crippen molar-refractivity contribution in [2.24, 2.45) is 12.2 Å². The van der Waals surface area contributed by atoms with Crippen LogP contribution in [0.4, 0.5) is 13.2 Å². The van der Waals surface area contributed by atoms with Gasteiger partial charge in [0.05, 0.1) is 28.0 Å². The predicted octanol–water partition coefficient (Wildman–Crippen LogP) is 4.13. The zero-order valence-corrected chi connectivity index (χ0v) is 16.4. The van der Waals surface area contributed by atoms with E-state index in [9.17, 15) is 13.2 Å². The Balaban J connectivity index is 1.79. The summed E-state index contributed by atoms with van der Waals surface area (Å²) in [6.45, 7) is 3.71. The molecule has 0 aliphatic carbocycles. The van der Waals surface area contributed by atoms with E-state index in [1.54, 1.807) is 14.0 Å². The Kier molecular flexibility index (Phi) is 6.01. The van der Waals surface area contributed by atoms with Crippen LogP contribution in [0, 0.1) is 13.8 Å². The summed E-state index contributed by atoms with van der Waals surface area (Å²) in [5, 5.41) is 12.0. The largest absolute Gasteiger partial charge is 0.573 e. The van der Waals surface area contributed by atoms with Crippen molar-refractivity contribution < 1.29 is 27.5 Å². The van der Waals surface area contributed by atoms with E-state index in [1.807, 2.05) is 6.92 Å². The van der Waals surface area contributed by atoms with Gasteiger partial charge in [-0.15, -0.1) is 18.3 Å². The lowest BCUT2D eigenvalue weighted by Crippen LogP contribution is -2.17. The van der Waals surface area contributed by atoms with Gasteiger partial charge in [-0.3, -0.25) is 0 Å². The monoisotopic (exact) mass is 427 g/mol. The smallest absolute Gasteiger partial charge is 0.435 e. The molecule has 0 bridgehead atoms. The summed E-state index contributed by atoms with van der Waals surface area (Å²) in [4.78, 5) is 6.09. The van der Waals surface area contributed by atoms with Crippen molar-refractivity contribution in [1.82, 2.24) is 19.4 Å². The fourth-order valence-corrected chi connectivity index (χ4v) is 2.88. The maximum absolute atomic E-state index is 12.6. The normalized spacial score (nSPS) is 11.8. The molecule has 3 rings (SSSR count). The molecule has 1 aromatic carbocycles. The standard InChI is InChI=1S/C17H16F3N5O3S/c1-10-12(8-21-26-9-15-11(2)22-24-29-15)16(25(3)23-10)27-13-6-4-5-7-14(13)28-17(18,19)20/h4-8H,9H2,1-3H3/b21-8+. The van der Waals surface area contributed by atoms with Crippen molar-refractivity contribution >= 4 is 17.7 Å². The summed E-state index contributed by atoms with van der Waals surface area (Å²) in [5.41, 5.74) is 1.77. The van der Waals surface area contributed by atoms with Crippen molar-refractivity contribution in [3.8, 4) is 17.4 Å². The molecular weight excluding hydrogens is 411 g/mol. The third-order valence-electron chi connectivity index (χ3n) is 3.69. The Labute approximate surface area is 167 Å². The van der Waals surface area contributed by atoms with Crippen LogP contribution >= 0.6 is 11.5 Å². The van der Waals surface area contributed by atoms with E-state index >= 15 is 0 Å². The number of oxime groups is 1. The SMILES string of the molecule is Cc1nnsc1CO/N=C/c1c(C)nn(C)c1Oc1ccccc1OC(F)(F)F. The molecule has 0 N–H and O–H groups in total. The molecule has 29 heavy (non-hydrogen) atoms. The molecule has 0 aliphatic rings. The minimum atomic E-state index is -4.84. The highest BCUT2D eigenvalue weighted by atomic mass is 32.1. The number of halogens is 3. The predicted molar refractivity (Wildman–Crippen MR) is 98.2 cm³/mol. The molecule has 0 radical (unpaired) electrons. The van der Waals surface area contributed by atoms with Gasteiger partial charge in [-0.25, -0.2) is 4.68 Å². The Morgan fingerprint density at radius 2 is 1.90 bits per heavy atom. The van der Waals surface area contributed by atoms with Crippen molar-refractivity contribution in [2.75, 3.05) is 0 Å². The number of alkyl halides is 3. The van der Waals surface area contributed by atoms with Crippen molar-refractivity contribution in [1.29, 1.82) is 0 Å². The molecular formula is C17H16F3N5O3S. The maximum atomic E-state index is 12.6. The van der Waals surface area contributed by atoms with Crippen LogP contribution < -0.4 is 9.47 Å². The fourth-order valence-electron chi connectivity index (χ4n) is 2.34. The molecule has 154 valence electrons. The molecule has 0 spiro atoms. The lowest BCUT2D eigenvalue weighted by Gasteiger charge is -2.14. The van der Waals surface area contributed by atoms with Crippen LogP contribution in [0.2, 0.25) is 0 Å². The number of para-hydroxylation sites is 2. The van der Waals surface area contributed by atoms with Crippen molar-refractivity contribution in [3.63, 3.8) is 0 Å². The summed E-state index contributed by atoms with van der Waals surface area (Å²) in [5.74, 6) is -0.398. The van der Waals surface area contributed by atoms with E-state index in [2.05, 4.69) is 24.6 Å². The van der Waals surface area contributed by atoms with Crippen LogP contribution in [-0.2, 0) is 18.5 Å². The molecule has 0 fully saturated rings. The number of aryl methyl sites for hydroxylation is 3. The van der Waals surface area contributed by atoms with E-state index in [0.717, 1.165) is 16.6 Å². The summed E-state index contributed by atoms with van der Waals surface area (Å²) in [6, 6.07) is 5.47. The summed E-state index contributed by atoms with van der Waals surface area (Å²) in [6.07, 6.45) is -3.46. The molecule has 0 aliphatic heterocycles. The summed E-state index contributed by atoms with van der Waals surface area (Å²) in [7, 11) is 1.60. The van der Waals surface area contributed by atoms with Gasteiger partial charge in [-0.05, 0) is 37.5 Å². The van der Waals surface area contributed by atoms with Crippen LogP contribution in [0.25, 0.3) is 0 Å². The van der Waals surface area contributed by atoms with Crippen LogP contribution in [0.1, 0.15) is 21.8 Å². The average molecular weight is 427 g/mol. The molecule has 3 aromatic rings. The number of hydrogen-bond acceptors (Lipinski definition) is 8. The zero-order chi connectivity index (χ0) is 21.0. The van der Waals surface area contributed by atoms with Crippen LogP contribution in [0.15, 0.2) is 29.4 Å². The molecule has 0 saturated heterocycles. The molecule has 8 nitrogen and oxygen atoms in total. The lowest BCUT2D eigenvalue weighted by atomic mass is 10.2. The minimum absolute atomic E-state index is 0.116. The quantitative estimate of drug-likeness (QED) is 0.417. The number of rotatable bonds is 7. The number of ether oxygens (including phenoxy) is 2. The number of aromatic nitrogens is 4. The first kappa shape index (κ1) is 20.6. The van der Waals surface area contributed by atoms with Crippen LogP contribution in [0.5, 0.6) is 17.4 Å². The Bertz CT molecular complexity index is 1020. The van der Waals surface area contributed by atoms with E-state index in [1.165, 1.54) is 40.6 Å². The summed E-state index contributed by atoms with van der Waals surface area (Å²) < 4.78 is 52.8. The molecule has 2 heterocycles. The first-order chi connectivity index (χ1) is 13.7. The maximum Gasteiger partial charge on any atom is 0.573 e. The molecule has 0 atom stereocenters. The van der Waals surface area contributed by atoms with Crippen molar-refractivity contribution in [3.05, 3.63) is 46.1 Å². The van der Waals surface area contributed by atoms with E-state index in [0.29, 0.717) is 11.3 Å². The van der Waals surface area contributed by atoms with Gasteiger partial charge >= 0.3 is 6.36 Å². The summed E-state index contributed by atoms with van der Waals surface area (Å²) >= 11 is 1.21. The first-order valence-electron chi connectivity index (χ1n) is 8.24. The van der Waals surface area contributed by atoms with Gasteiger partial charge in [0.15, 0.2) is 18.1 Å². The third kappa shape index (κ3) is 5.22. The highest BCUT2D eigenvalue weighted by Gasteiger charge is 2.32. The fraction of sp³-hybridized carbons (Fsp3) is 0.294. The number of benzene rings is 1. The molecule has 0 saturated carbocycles. The van der Waals surface area contributed by atoms with Gasteiger partial charge in [0, 0.05) is 7.05 Å². The van der Waals surface area contributed by atoms with Gasteiger partial charge < -0.3 is 14.3 Å². The molecule has 0 amide bonds. The highest BCUT2D eigenvalue weighted by molar-refractivity contribution is 7.05. The highest BCUT2D eigenvalue weighted by Crippen LogP contribution is 2.36. The number of nitrogens with zero attached hydrogens (tertiary/aromatic N) is 5. The Morgan fingerprint density at radius 3 is 2.55 bits per heavy atom. The molecule has 2 aromatic heterocycles.